The minimum absolute atomic E-state index is 0.121. The summed E-state index contributed by atoms with van der Waals surface area (Å²) in [5, 5.41) is 0. The van der Waals surface area contributed by atoms with Gasteiger partial charge in [0.05, 0.1) is 13.2 Å². The van der Waals surface area contributed by atoms with Gasteiger partial charge in [-0.05, 0) is 51.3 Å². The summed E-state index contributed by atoms with van der Waals surface area (Å²) in [5.41, 5.74) is 1.68. The van der Waals surface area contributed by atoms with Gasteiger partial charge in [0.1, 0.15) is 5.75 Å². The monoisotopic (exact) mass is 291 g/mol. The maximum atomic E-state index is 12.5. The van der Waals surface area contributed by atoms with E-state index in [-0.39, 0.29) is 5.91 Å². The Morgan fingerprint density at radius 3 is 2.57 bits per heavy atom. The molecule has 0 atom stereocenters. The number of ether oxygens (including phenoxy) is 2. The lowest BCUT2D eigenvalue weighted by Gasteiger charge is -2.27. The lowest BCUT2D eigenvalue weighted by Crippen LogP contribution is -2.35. The van der Waals surface area contributed by atoms with Gasteiger partial charge < -0.3 is 14.4 Å². The number of carbonyl (C=O) groups excluding carboxylic acids is 1. The Morgan fingerprint density at radius 2 is 1.90 bits per heavy atom. The topological polar surface area (TPSA) is 38.8 Å². The molecule has 0 aromatic heterocycles. The van der Waals surface area contributed by atoms with E-state index in [0.717, 1.165) is 42.8 Å². The first-order valence-corrected chi connectivity index (χ1v) is 7.89. The molecule has 0 spiro atoms. The molecule has 1 heterocycles. The third-order valence-corrected chi connectivity index (χ3v) is 3.71. The van der Waals surface area contributed by atoms with Crippen molar-refractivity contribution in [3.63, 3.8) is 0 Å². The predicted molar refractivity (Wildman–Crippen MR) is 82.7 cm³/mol. The largest absolute Gasteiger partial charge is 0.494 e. The summed E-state index contributed by atoms with van der Waals surface area (Å²) in [7, 11) is 0. The van der Waals surface area contributed by atoms with Gasteiger partial charge in [-0.1, -0.05) is 0 Å². The highest BCUT2D eigenvalue weighted by atomic mass is 16.5. The first-order chi connectivity index (χ1) is 10.3. The van der Waals surface area contributed by atoms with Crippen molar-refractivity contribution in [2.75, 3.05) is 26.3 Å². The lowest BCUT2D eigenvalue weighted by molar-refractivity contribution is 0.0723. The molecule has 1 saturated heterocycles. The first-order valence-electron chi connectivity index (χ1n) is 7.89. The summed E-state index contributed by atoms with van der Waals surface area (Å²) in [4.78, 5) is 14.5. The fraction of sp³-hybridized carbons (Fsp3) is 0.588. The molecule has 21 heavy (non-hydrogen) atoms. The highest BCUT2D eigenvalue weighted by molar-refractivity contribution is 5.94. The minimum atomic E-state index is 0.121. The van der Waals surface area contributed by atoms with Crippen LogP contribution >= 0.6 is 0 Å². The fourth-order valence-corrected chi connectivity index (χ4v) is 2.61. The molecule has 0 aliphatic carbocycles. The average molecular weight is 291 g/mol. The Hall–Kier alpha value is -1.55. The molecule has 0 unspecified atom stereocenters. The zero-order valence-electron chi connectivity index (χ0n) is 13.1. The number of piperidine rings is 1. The van der Waals surface area contributed by atoms with Crippen LogP contribution in [0.25, 0.3) is 0 Å². The zero-order chi connectivity index (χ0) is 15.1. The number of likely N-dealkylation sites (tertiary alicyclic amines) is 1. The minimum Gasteiger partial charge on any atom is -0.494 e. The van der Waals surface area contributed by atoms with E-state index in [1.165, 1.54) is 6.42 Å². The molecule has 1 fully saturated rings. The Kier molecular flexibility index (Phi) is 6.05. The summed E-state index contributed by atoms with van der Waals surface area (Å²) in [6, 6.07) is 5.66. The third-order valence-electron chi connectivity index (χ3n) is 3.71. The van der Waals surface area contributed by atoms with E-state index < -0.39 is 0 Å². The summed E-state index contributed by atoms with van der Waals surface area (Å²) >= 11 is 0. The van der Waals surface area contributed by atoms with E-state index in [4.69, 9.17) is 9.47 Å². The SMILES string of the molecule is CCOCc1cc(C(=O)N2CCCCC2)ccc1OCC. The Labute approximate surface area is 127 Å². The van der Waals surface area contributed by atoms with Crippen molar-refractivity contribution in [1.29, 1.82) is 0 Å². The number of hydrogen-bond donors (Lipinski definition) is 0. The van der Waals surface area contributed by atoms with E-state index in [0.29, 0.717) is 19.8 Å². The fourth-order valence-electron chi connectivity index (χ4n) is 2.61. The standard InChI is InChI=1S/C17H25NO3/c1-3-20-13-15-12-14(8-9-16(15)21-4-2)17(19)18-10-6-5-7-11-18/h8-9,12H,3-7,10-11,13H2,1-2H3. The van der Waals surface area contributed by atoms with E-state index in [9.17, 15) is 4.79 Å². The quantitative estimate of drug-likeness (QED) is 0.807. The van der Waals surface area contributed by atoms with Crippen molar-refractivity contribution < 1.29 is 14.3 Å². The van der Waals surface area contributed by atoms with Crippen LogP contribution in [0.3, 0.4) is 0 Å². The van der Waals surface area contributed by atoms with Gasteiger partial charge in [0.2, 0.25) is 0 Å². The molecule has 2 rings (SSSR count). The van der Waals surface area contributed by atoms with Crippen LogP contribution in [0.4, 0.5) is 0 Å². The van der Waals surface area contributed by atoms with Crippen LogP contribution in [-0.2, 0) is 11.3 Å². The Balaban J connectivity index is 2.16. The van der Waals surface area contributed by atoms with Crippen LogP contribution in [-0.4, -0.2) is 37.1 Å². The van der Waals surface area contributed by atoms with Crippen molar-refractivity contribution in [3.8, 4) is 5.75 Å². The molecule has 1 amide bonds. The molecule has 0 bridgehead atoms. The van der Waals surface area contributed by atoms with Crippen molar-refractivity contribution in [3.05, 3.63) is 29.3 Å². The highest BCUT2D eigenvalue weighted by Crippen LogP contribution is 2.23. The molecule has 1 aromatic carbocycles. The maximum absolute atomic E-state index is 12.5. The van der Waals surface area contributed by atoms with Gasteiger partial charge in [-0.2, -0.15) is 0 Å². The van der Waals surface area contributed by atoms with Crippen molar-refractivity contribution >= 4 is 5.91 Å². The summed E-state index contributed by atoms with van der Waals surface area (Å²) in [5.74, 6) is 0.927. The molecule has 1 aliphatic heterocycles. The van der Waals surface area contributed by atoms with Crippen LogP contribution in [0.2, 0.25) is 0 Å². The molecular weight excluding hydrogens is 266 g/mol. The van der Waals surface area contributed by atoms with Crippen LogP contribution in [0, 0.1) is 0 Å². The first kappa shape index (κ1) is 15.8. The van der Waals surface area contributed by atoms with Crippen molar-refractivity contribution in [1.82, 2.24) is 4.90 Å². The predicted octanol–water partition coefficient (Wildman–Crippen LogP) is 3.25. The van der Waals surface area contributed by atoms with Crippen molar-refractivity contribution in [2.24, 2.45) is 0 Å². The number of carbonyl (C=O) groups is 1. The molecule has 116 valence electrons. The Bertz CT molecular complexity index is 467. The Morgan fingerprint density at radius 1 is 1.14 bits per heavy atom. The van der Waals surface area contributed by atoms with Gasteiger partial charge in [0.25, 0.3) is 5.91 Å². The highest BCUT2D eigenvalue weighted by Gasteiger charge is 2.19. The number of rotatable bonds is 6. The molecular formula is C17H25NO3. The van der Waals surface area contributed by atoms with Crippen LogP contribution in [0.5, 0.6) is 5.75 Å². The zero-order valence-corrected chi connectivity index (χ0v) is 13.1. The molecule has 1 aliphatic rings. The van der Waals surface area contributed by atoms with Gasteiger partial charge in [-0.3, -0.25) is 4.79 Å². The van der Waals surface area contributed by atoms with E-state index in [1.807, 2.05) is 36.9 Å². The summed E-state index contributed by atoms with van der Waals surface area (Å²) < 4.78 is 11.1. The van der Waals surface area contributed by atoms with Crippen molar-refractivity contribution in [2.45, 2.75) is 39.7 Å². The van der Waals surface area contributed by atoms with Crippen LogP contribution in [0.1, 0.15) is 49.0 Å². The number of nitrogens with zero attached hydrogens (tertiary/aromatic N) is 1. The smallest absolute Gasteiger partial charge is 0.253 e. The van der Waals surface area contributed by atoms with Gasteiger partial charge in [0, 0.05) is 30.8 Å². The number of hydrogen-bond acceptors (Lipinski definition) is 3. The number of amides is 1. The lowest BCUT2D eigenvalue weighted by atomic mass is 10.1. The summed E-state index contributed by atoms with van der Waals surface area (Å²) in [6.07, 6.45) is 3.44. The van der Waals surface area contributed by atoms with Crippen LogP contribution < -0.4 is 4.74 Å². The number of benzene rings is 1. The maximum Gasteiger partial charge on any atom is 0.253 e. The van der Waals surface area contributed by atoms with E-state index >= 15 is 0 Å². The van der Waals surface area contributed by atoms with E-state index in [2.05, 4.69) is 0 Å². The molecule has 0 saturated carbocycles. The molecule has 4 heteroatoms. The second kappa shape index (κ2) is 8.03. The second-order valence-corrected chi connectivity index (χ2v) is 5.25. The van der Waals surface area contributed by atoms with Gasteiger partial charge in [0.15, 0.2) is 0 Å². The third kappa shape index (κ3) is 4.21. The molecule has 4 nitrogen and oxygen atoms in total. The molecule has 0 N–H and O–H groups in total. The van der Waals surface area contributed by atoms with E-state index in [1.54, 1.807) is 0 Å². The normalized spacial score (nSPS) is 15.0. The van der Waals surface area contributed by atoms with Gasteiger partial charge in [-0.25, -0.2) is 0 Å². The van der Waals surface area contributed by atoms with Crippen LogP contribution in [0.15, 0.2) is 18.2 Å². The van der Waals surface area contributed by atoms with Gasteiger partial charge >= 0.3 is 0 Å². The summed E-state index contributed by atoms with van der Waals surface area (Å²) in [6.45, 7) is 7.39. The molecule has 1 aromatic rings. The average Bonchev–Trinajstić information content (AvgIpc) is 2.54. The second-order valence-electron chi connectivity index (χ2n) is 5.25. The van der Waals surface area contributed by atoms with Gasteiger partial charge in [-0.15, -0.1) is 0 Å². The molecule has 0 radical (unpaired) electrons.